The average Bonchev–Trinajstić information content (AvgIpc) is 3.38. The molecule has 1 N–H and O–H groups in total. The number of halogens is 3. The minimum absolute atomic E-state index is 0.109. The van der Waals surface area contributed by atoms with Crippen molar-refractivity contribution < 1.29 is 27.9 Å². The van der Waals surface area contributed by atoms with Crippen molar-refractivity contribution >= 4 is 29.5 Å². The number of ether oxygens (including phenoxy) is 1. The van der Waals surface area contributed by atoms with Gasteiger partial charge in [-0.15, -0.1) is 0 Å². The van der Waals surface area contributed by atoms with Gasteiger partial charge in [0.2, 0.25) is 11.8 Å². The molecule has 2 aliphatic rings. The number of carbonyl (C=O) groups excluding carboxylic acids is 3. The molecule has 240 valence electrons. The third-order valence-electron chi connectivity index (χ3n) is 8.19. The molecule has 2 aromatic rings. The molecule has 2 aromatic carbocycles. The minimum atomic E-state index is -0.880. The van der Waals surface area contributed by atoms with Crippen LogP contribution in [-0.4, -0.2) is 89.1 Å². The number of hydrogen-bond donors (Lipinski definition) is 1. The highest BCUT2D eigenvalue weighted by atomic mass is 35.5. The summed E-state index contributed by atoms with van der Waals surface area (Å²) in [7, 11) is 0. The van der Waals surface area contributed by atoms with Crippen molar-refractivity contribution in [2.45, 2.75) is 71.1 Å². The first-order chi connectivity index (χ1) is 20.5. The van der Waals surface area contributed by atoms with E-state index in [0.717, 1.165) is 11.6 Å². The number of likely N-dealkylation sites (tertiary alicyclic amines) is 1. The number of amides is 3. The molecule has 2 saturated heterocycles. The molecule has 0 unspecified atom stereocenters. The van der Waals surface area contributed by atoms with Gasteiger partial charge in [0.05, 0.1) is 5.92 Å². The molecule has 0 aliphatic carbocycles. The zero-order chi connectivity index (χ0) is 32.4. The molecule has 0 radical (unpaired) electrons. The summed E-state index contributed by atoms with van der Waals surface area (Å²) in [6.07, 6.45) is -0.452. The second-order valence-corrected chi connectivity index (χ2v) is 14.1. The fraction of sp³-hybridized carbons (Fsp3) is 0.545. The van der Waals surface area contributed by atoms with Crippen LogP contribution >= 0.6 is 11.6 Å². The van der Waals surface area contributed by atoms with E-state index in [1.807, 2.05) is 20.8 Å². The Morgan fingerprint density at radius 3 is 2.11 bits per heavy atom. The highest BCUT2D eigenvalue weighted by Crippen LogP contribution is 2.38. The fourth-order valence-corrected chi connectivity index (χ4v) is 5.95. The van der Waals surface area contributed by atoms with Gasteiger partial charge >= 0.3 is 6.09 Å². The Bertz CT molecular complexity index is 1350. The molecule has 2 fully saturated rings. The van der Waals surface area contributed by atoms with Crippen LogP contribution in [-0.2, 0) is 20.7 Å². The molecule has 0 saturated carbocycles. The maximum absolute atomic E-state index is 14.9. The van der Waals surface area contributed by atoms with Gasteiger partial charge in [0.25, 0.3) is 0 Å². The number of benzene rings is 2. The van der Waals surface area contributed by atoms with Gasteiger partial charge < -0.3 is 19.9 Å². The van der Waals surface area contributed by atoms with Crippen molar-refractivity contribution in [1.29, 1.82) is 0 Å². The van der Waals surface area contributed by atoms with Crippen molar-refractivity contribution in [3.05, 3.63) is 70.2 Å². The molecule has 2 aliphatic heterocycles. The number of piperazine rings is 1. The van der Waals surface area contributed by atoms with E-state index >= 15 is 0 Å². The summed E-state index contributed by atoms with van der Waals surface area (Å²) in [5.74, 6) is -2.63. The van der Waals surface area contributed by atoms with Crippen LogP contribution in [0.25, 0.3) is 0 Å². The van der Waals surface area contributed by atoms with Crippen molar-refractivity contribution in [3.8, 4) is 0 Å². The van der Waals surface area contributed by atoms with Crippen LogP contribution < -0.4 is 5.32 Å². The van der Waals surface area contributed by atoms with Crippen molar-refractivity contribution in [3.63, 3.8) is 0 Å². The molecule has 0 bridgehead atoms. The van der Waals surface area contributed by atoms with Crippen molar-refractivity contribution in [1.82, 2.24) is 20.0 Å². The first-order valence-corrected chi connectivity index (χ1v) is 15.4. The molecule has 0 aromatic heterocycles. The summed E-state index contributed by atoms with van der Waals surface area (Å²) in [5, 5.41) is 3.30. The van der Waals surface area contributed by atoms with E-state index in [4.69, 9.17) is 16.3 Å². The molecular formula is C33H43ClF2N4O4. The standard InChI is InChI=1S/C33H43ClF2N4O4/c1-32(2,3)40-19-25(24-12-11-23(35)18-27(24)36)26(20-40)29(41)38-13-15-39(16-14-38)30(42)28(37-31(43)44-33(4,5)6)17-21-7-9-22(34)10-8-21/h7-12,18,25-26,28H,13-17,19-20H2,1-6H3,(H,37,43)/t25-,26+,28-/m0/s1. The zero-order valence-corrected chi connectivity index (χ0v) is 27.1. The van der Waals surface area contributed by atoms with E-state index in [1.54, 1.807) is 54.8 Å². The molecule has 4 rings (SSSR count). The van der Waals surface area contributed by atoms with E-state index in [9.17, 15) is 23.2 Å². The molecular weight excluding hydrogens is 590 g/mol. The van der Waals surface area contributed by atoms with Crippen molar-refractivity contribution in [2.75, 3.05) is 39.3 Å². The topological polar surface area (TPSA) is 82.2 Å². The lowest BCUT2D eigenvalue weighted by molar-refractivity contribution is -0.143. The second kappa shape index (κ2) is 13.4. The van der Waals surface area contributed by atoms with Crippen molar-refractivity contribution in [2.24, 2.45) is 5.92 Å². The summed E-state index contributed by atoms with van der Waals surface area (Å²) in [6.45, 7) is 13.5. The highest BCUT2D eigenvalue weighted by Gasteiger charge is 2.45. The van der Waals surface area contributed by atoms with E-state index < -0.39 is 41.2 Å². The lowest BCUT2D eigenvalue weighted by Gasteiger charge is -2.38. The maximum Gasteiger partial charge on any atom is 0.408 e. The second-order valence-electron chi connectivity index (χ2n) is 13.6. The van der Waals surface area contributed by atoms with Gasteiger partial charge in [-0.2, -0.15) is 0 Å². The van der Waals surface area contributed by atoms with Gasteiger partial charge in [0, 0.05) is 68.2 Å². The Morgan fingerprint density at radius 1 is 0.932 bits per heavy atom. The molecule has 0 spiro atoms. The summed E-state index contributed by atoms with van der Waals surface area (Å²) in [4.78, 5) is 45.8. The van der Waals surface area contributed by atoms with Gasteiger partial charge in [0.15, 0.2) is 0 Å². The number of alkyl carbamates (subject to hydrolysis) is 1. The first-order valence-electron chi connectivity index (χ1n) is 15.0. The van der Waals surface area contributed by atoms with E-state index in [2.05, 4.69) is 10.2 Å². The Labute approximate surface area is 263 Å². The Kier molecular flexibility index (Phi) is 10.2. The smallest absolute Gasteiger partial charge is 0.408 e. The lowest BCUT2D eigenvalue weighted by Crippen LogP contribution is -2.57. The SMILES string of the molecule is CC(C)(C)OC(=O)N[C@@H](Cc1ccc(Cl)cc1)C(=O)N1CCN(C(=O)[C@@H]2CN(C(C)(C)C)C[C@H]2c2ccc(F)cc2F)CC1. The van der Waals surface area contributed by atoms with Crippen LogP contribution in [0.5, 0.6) is 0 Å². The third kappa shape index (κ3) is 8.47. The van der Waals surface area contributed by atoms with Gasteiger partial charge in [-0.05, 0) is 70.9 Å². The molecule has 3 amide bonds. The van der Waals surface area contributed by atoms with Crippen LogP contribution in [0.1, 0.15) is 58.6 Å². The van der Waals surface area contributed by atoms with Gasteiger partial charge in [-0.25, -0.2) is 13.6 Å². The molecule has 8 nitrogen and oxygen atoms in total. The minimum Gasteiger partial charge on any atom is -0.444 e. The van der Waals surface area contributed by atoms with E-state index in [-0.39, 0.29) is 36.9 Å². The number of nitrogens with one attached hydrogen (secondary N) is 1. The number of hydrogen-bond acceptors (Lipinski definition) is 5. The van der Waals surface area contributed by atoms with Crippen LogP contribution in [0.4, 0.5) is 13.6 Å². The summed E-state index contributed by atoms with van der Waals surface area (Å²) in [6, 6.07) is 9.72. The number of rotatable bonds is 6. The Morgan fingerprint density at radius 2 is 1.55 bits per heavy atom. The zero-order valence-electron chi connectivity index (χ0n) is 26.3. The monoisotopic (exact) mass is 632 g/mol. The highest BCUT2D eigenvalue weighted by molar-refractivity contribution is 6.30. The Hall–Kier alpha value is -3.24. The van der Waals surface area contributed by atoms with Gasteiger partial charge in [-0.3, -0.25) is 14.5 Å². The van der Waals surface area contributed by atoms with Crippen LogP contribution in [0, 0.1) is 17.6 Å². The summed E-state index contributed by atoms with van der Waals surface area (Å²) in [5.41, 5.74) is 0.182. The van der Waals surface area contributed by atoms with Crippen LogP contribution in [0.15, 0.2) is 42.5 Å². The Balaban J connectivity index is 1.46. The predicted octanol–water partition coefficient (Wildman–Crippen LogP) is 5.24. The molecule has 3 atom stereocenters. The lowest BCUT2D eigenvalue weighted by atomic mass is 9.87. The summed E-state index contributed by atoms with van der Waals surface area (Å²) >= 11 is 6.03. The summed E-state index contributed by atoms with van der Waals surface area (Å²) < 4.78 is 34.0. The first kappa shape index (κ1) is 33.6. The van der Waals surface area contributed by atoms with E-state index in [1.165, 1.54) is 12.1 Å². The largest absolute Gasteiger partial charge is 0.444 e. The molecule has 2 heterocycles. The third-order valence-corrected chi connectivity index (χ3v) is 8.44. The predicted molar refractivity (Wildman–Crippen MR) is 165 cm³/mol. The van der Waals surface area contributed by atoms with Gasteiger partial charge in [-0.1, -0.05) is 29.8 Å². The quantitative estimate of drug-likeness (QED) is 0.471. The molecule has 11 heteroatoms. The number of carbonyl (C=O) groups is 3. The maximum atomic E-state index is 14.9. The average molecular weight is 633 g/mol. The van der Waals surface area contributed by atoms with Gasteiger partial charge in [0.1, 0.15) is 23.3 Å². The fourth-order valence-electron chi connectivity index (χ4n) is 5.83. The molecule has 44 heavy (non-hydrogen) atoms. The van der Waals surface area contributed by atoms with E-state index in [0.29, 0.717) is 36.8 Å². The number of nitrogens with zero attached hydrogens (tertiary/aromatic N) is 3. The van der Waals surface area contributed by atoms with Crippen LogP contribution in [0.2, 0.25) is 5.02 Å². The normalized spacial score (nSPS) is 20.4. The van der Waals surface area contributed by atoms with Crippen LogP contribution in [0.3, 0.4) is 0 Å².